The van der Waals surface area contributed by atoms with E-state index < -0.39 is 10.0 Å². The van der Waals surface area contributed by atoms with Crippen molar-refractivity contribution in [2.24, 2.45) is 0 Å². The first-order chi connectivity index (χ1) is 7.42. The SMILES string of the molecule is CN(C)NS(=O)(=O)c1c(N)nc2sccn12. The lowest BCUT2D eigenvalue weighted by molar-refractivity contribution is 0.363. The molecule has 0 atom stereocenters. The summed E-state index contributed by atoms with van der Waals surface area (Å²) in [7, 11) is -0.519. The smallest absolute Gasteiger partial charge is 0.273 e. The van der Waals surface area contributed by atoms with Crippen LogP contribution in [0.4, 0.5) is 5.82 Å². The van der Waals surface area contributed by atoms with Gasteiger partial charge in [-0.3, -0.25) is 4.40 Å². The van der Waals surface area contributed by atoms with E-state index >= 15 is 0 Å². The largest absolute Gasteiger partial charge is 0.381 e. The Morgan fingerprint density at radius 3 is 2.88 bits per heavy atom. The first-order valence-corrected chi connectivity index (χ1v) is 6.69. The second-order valence-electron chi connectivity index (χ2n) is 3.35. The van der Waals surface area contributed by atoms with Crippen LogP contribution in [0.2, 0.25) is 0 Å². The number of rotatable bonds is 3. The summed E-state index contributed by atoms with van der Waals surface area (Å²) in [4.78, 5) is 6.83. The Labute approximate surface area is 96.5 Å². The van der Waals surface area contributed by atoms with Gasteiger partial charge in [0.1, 0.15) is 0 Å². The first kappa shape index (κ1) is 11.3. The molecule has 0 amide bonds. The molecule has 0 aliphatic carbocycles. The van der Waals surface area contributed by atoms with Crippen LogP contribution in [0, 0.1) is 0 Å². The van der Waals surface area contributed by atoms with Crippen LogP contribution in [0.15, 0.2) is 16.6 Å². The molecule has 0 spiro atoms. The number of aromatic nitrogens is 2. The van der Waals surface area contributed by atoms with E-state index in [0.717, 1.165) is 0 Å². The number of nitrogens with zero attached hydrogens (tertiary/aromatic N) is 3. The lowest BCUT2D eigenvalue weighted by Crippen LogP contribution is -2.36. The number of nitrogens with two attached hydrogens (primary N) is 1. The average Bonchev–Trinajstić information content (AvgIpc) is 2.58. The molecule has 0 aliphatic rings. The maximum atomic E-state index is 11.9. The van der Waals surface area contributed by atoms with Crippen LogP contribution >= 0.6 is 11.3 Å². The average molecular weight is 261 g/mol. The summed E-state index contributed by atoms with van der Waals surface area (Å²) >= 11 is 1.32. The minimum Gasteiger partial charge on any atom is -0.381 e. The number of hydrogen-bond donors (Lipinski definition) is 2. The van der Waals surface area contributed by atoms with Gasteiger partial charge in [0.15, 0.2) is 10.8 Å². The predicted molar refractivity (Wildman–Crippen MR) is 61.5 cm³/mol. The monoisotopic (exact) mass is 261 g/mol. The number of sulfonamides is 1. The van der Waals surface area contributed by atoms with Gasteiger partial charge in [0.25, 0.3) is 10.0 Å². The molecule has 3 N–H and O–H groups in total. The summed E-state index contributed by atoms with van der Waals surface area (Å²) in [6.07, 6.45) is 1.62. The fraction of sp³-hybridized carbons (Fsp3) is 0.286. The third-order valence-corrected chi connectivity index (χ3v) is 4.08. The molecule has 0 radical (unpaired) electrons. The lowest BCUT2D eigenvalue weighted by atomic mass is 10.8. The van der Waals surface area contributed by atoms with E-state index in [4.69, 9.17) is 5.73 Å². The number of nitrogens with one attached hydrogen (secondary N) is 1. The number of nitrogen functional groups attached to an aromatic ring is 1. The van der Waals surface area contributed by atoms with Crippen molar-refractivity contribution in [1.29, 1.82) is 0 Å². The lowest BCUT2D eigenvalue weighted by Gasteiger charge is -2.11. The second-order valence-corrected chi connectivity index (χ2v) is 5.80. The van der Waals surface area contributed by atoms with Gasteiger partial charge >= 0.3 is 0 Å². The highest BCUT2D eigenvalue weighted by Gasteiger charge is 2.24. The number of thiazole rings is 1. The summed E-state index contributed by atoms with van der Waals surface area (Å²) in [6, 6.07) is 0. The molecule has 0 bridgehead atoms. The van der Waals surface area contributed by atoms with Crippen molar-refractivity contribution in [3.05, 3.63) is 11.6 Å². The van der Waals surface area contributed by atoms with Gasteiger partial charge in [0.05, 0.1) is 0 Å². The van der Waals surface area contributed by atoms with E-state index in [1.807, 2.05) is 0 Å². The summed E-state index contributed by atoms with van der Waals surface area (Å²) in [5.74, 6) is 0.00111. The summed E-state index contributed by atoms with van der Waals surface area (Å²) in [6.45, 7) is 0. The normalized spacial score (nSPS) is 12.7. The molecule has 2 rings (SSSR count). The van der Waals surface area contributed by atoms with Gasteiger partial charge < -0.3 is 5.73 Å². The first-order valence-electron chi connectivity index (χ1n) is 4.32. The molecule has 9 heteroatoms. The summed E-state index contributed by atoms with van der Waals surface area (Å²) < 4.78 is 25.3. The van der Waals surface area contributed by atoms with Crippen molar-refractivity contribution >= 4 is 32.1 Å². The van der Waals surface area contributed by atoms with Crippen LogP contribution in [0.1, 0.15) is 0 Å². The molecule has 16 heavy (non-hydrogen) atoms. The minimum atomic E-state index is -3.69. The standard InChI is InChI=1S/C7H11N5O2S2/c1-11(2)10-16(13,14)6-5(8)9-7-12(6)3-4-15-7/h3-4,10H,8H2,1-2H3. The van der Waals surface area contributed by atoms with Crippen LogP contribution in [0.5, 0.6) is 0 Å². The topological polar surface area (TPSA) is 92.7 Å². The van der Waals surface area contributed by atoms with Gasteiger partial charge in [0, 0.05) is 25.7 Å². The number of fused-ring (bicyclic) bond motifs is 1. The predicted octanol–water partition coefficient (Wildman–Crippen LogP) is -0.267. The van der Waals surface area contributed by atoms with E-state index in [2.05, 4.69) is 9.82 Å². The van der Waals surface area contributed by atoms with Crippen LogP contribution < -0.4 is 10.6 Å². The van der Waals surface area contributed by atoms with Gasteiger partial charge in [-0.15, -0.1) is 16.2 Å². The number of anilines is 1. The van der Waals surface area contributed by atoms with Crippen molar-refractivity contribution < 1.29 is 8.42 Å². The molecule has 2 aromatic rings. The minimum absolute atomic E-state index is 0.00111. The molecule has 2 heterocycles. The Balaban J connectivity index is 2.62. The molecule has 0 saturated carbocycles. The van der Waals surface area contributed by atoms with Crippen molar-refractivity contribution in [3.63, 3.8) is 0 Å². The molecule has 2 aromatic heterocycles. The van der Waals surface area contributed by atoms with Gasteiger partial charge in [-0.1, -0.05) is 0 Å². The summed E-state index contributed by atoms with van der Waals surface area (Å²) in [5.41, 5.74) is 5.60. The van der Waals surface area contributed by atoms with E-state index in [1.165, 1.54) is 20.7 Å². The molecule has 0 aliphatic heterocycles. The van der Waals surface area contributed by atoms with E-state index in [-0.39, 0.29) is 10.8 Å². The third kappa shape index (κ3) is 1.78. The van der Waals surface area contributed by atoms with E-state index in [1.54, 1.807) is 25.7 Å². The highest BCUT2D eigenvalue weighted by atomic mass is 32.2. The van der Waals surface area contributed by atoms with Gasteiger partial charge in [-0.2, -0.15) is 0 Å². The molecule has 0 saturated heterocycles. The molecule has 0 unspecified atom stereocenters. The fourth-order valence-corrected chi connectivity index (χ4v) is 3.41. The van der Waals surface area contributed by atoms with Gasteiger partial charge in [0.2, 0.25) is 5.03 Å². The Morgan fingerprint density at radius 2 is 2.25 bits per heavy atom. The molecule has 0 aromatic carbocycles. The van der Waals surface area contributed by atoms with Crippen molar-refractivity contribution in [1.82, 2.24) is 19.2 Å². The molecule has 0 fully saturated rings. The molecule has 88 valence electrons. The van der Waals surface area contributed by atoms with Gasteiger partial charge in [-0.05, 0) is 0 Å². The second kappa shape index (κ2) is 3.70. The van der Waals surface area contributed by atoms with Crippen LogP contribution in [0.25, 0.3) is 4.96 Å². The van der Waals surface area contributed by atoms with Crippen LogP contribution in [0.3, 0.4) is 0 Å². The quantitative estimate of drug-likeness (QED) is 0.742. The van der Waals surface area contributed by atoms with E-state index in [0.29, 0.717) is 4.96 Å². The fourth-order valence-electron chi connectivity index (χ4n) is 1.33. The van der Waals surface area contributed by atoms with Gasteiger partial charge in [-0.25, -0.2) is 18.4 Å². The van der Waals surface area contributed by atoms with Crippen LogP contribution in [-0.4, -0.2) is 36.9 Å². The van der Waals surface area contributed by atoms with Crippen molar-refractivity contribution in [3.8, 4) is 0 Å². The Hall–Kier alpha value is -1.16. The van der Waals surface area contributed by atoms with Crippen LogP contribution in [-0.2, 0) is 10.0 Å². The zero-order valence-corrected chi connectivity index (χ0v) is 10.3. The maximum absolute atomic E-state index is 11.9. The highest BCUT2D eigenvalue weighted by molar-refractivity contribution is 7.89. The molecular weight excluding hydrogens is 250 g/mol. The molecule has 7 nitrogen and oxygen atoms in total. The molecular formula is C7H11N5O2S2. The summed E-state index contributed by atoms with van der Waals surface area (Å²) in [5, 5.41) is 3.05. The number of imidazole rings is 1. The Bertz CT molecular complexity index is 612. The van der Waals surface area contributed by atoms with E-state index in [9.17, 15) is 8.42 Å². The van der Waals surface area contributed by atoms with Crippen molar-refractivity contribution in [2.75, 3.05) is 19.8 Å². The zero-order valence-electron chi connectivity index (χ0n) is 8.71. The Morgan fingerprint density at radius 1 is 1.56 bits per heavy atom. The third-order valence-electron chi connectivity index (χ3n) is 1.80. The Kier molecular flexibility index (Phi) is 2.62. The maximum Gasteiger partial charge on any atom is 0.273 e. The number of hydrazine groups is 1. The van der Waals surface area contributed by atoms with Crippen molar-refractivity contribution in [2.45, 2.75) is 5.03 Å². The number of hydrogen-bond acceptors (Lipinski definition) is 6. The zero-order chi connectivity index (χ0) is 11.9. The highest BCUT2D eigenvalue weighted by Crippen LogP contribution is 2.22.